The molecule has 0 radical (unpaired) electrons. The highest BCUT2D eigenvalue weighted by Gasteiger charge is 2.11. The van der Waals surface area contributed by atoms with Crippen LogP contribution in [0.3, 0.4) is 0 Å². The summed E-state index contributed by atoms with van der Waals surface area (Å²) in [7, 11) is 0. The molecule has 9 heteroatoms. The van der Waals surface area contributed by atoms with Crippen molar-refractivity contribution in [2.75, 3.05) is 17.2 Å². The third kappa shape index (κ3) is 8.81. The van der Waals surface area contributed by atoms with Crippen LogP contribution in [-0.4, -0.2) is 24.4 Å². The van der Waals surface area contributed by atoms with Gasteiger partial charge in [0.2, 0.25) is 5.91 Å². The summed E-state index contributed by atoms with van der Waals surface area (Å²) in [6, 6.07) is 21.5. The first-order chi connectivity index (χ1) is 15.9. The van der Waals surface area contributed by atoms with E-state index in [-0.39, 0.29) is 18.7 Å². The van der Waals surface area contributed by atoms with Gasteiger partial charge in [0.05, 0.1) is 6.42 Å². The fourth-order valence-corrected chi connectivity index (χ4v) is 3.80. The number of hydrogen-bond acceptors (Lipinski definition) is 5. The van der Waals surface area contributed by atoms with Gasteiger partial charge in [-0.25, -0.2) is 0 Å². The molecule has 0 bridgehead atoms. The van der Waals surface area contributed by atoms with Crippen molar-refractivity contribution in [1.82, 2.24) is 0 Å². The quantitative estimate of drug-likeness (QED) is 0.348. The van der Waals surface area contributed by atoms with Crippen LogP contribution in [0.4, 0.5) is 11.4 Å². The van der Waals surface area contributed by atoms with Crippen molar-refractivity contribution in [3.63, 3.8) is 0 Å². The highest BCUT2D eigenvalue weighted by molar-refractivity contribution is 7.99. The number of amides is 2. The Hall–Kier alpha value is -3.00. The predicted octanol–water partition coefficient (Wildman–Crippen LogP) is 6.05. The van der Waals surface area contributed by atoms with E-state index < -0.39 is 18.5 Å². The van der Waals surface area contributed by atoms with Crippen LogP contribution in [0.15, 0.2) is 82.6 Å². The molecule has 33 heavy (non-hydrogen) atoms. The second-order valence-corrected chi connectivity index (χ2v) is 8.87. The summed E-state index contributed by atoms with van der Waals surface area (Å²) in [6.45, 7) is -0.445. The Kier molecular flexibility index (Phi) is 9.18. The van der Waals surface area contributed by atoms with E-state index in [1.54, 1.807) is 48.2 Å². The molecule has 3 rings (SSSR count). The van der Waals surface area contributed by atoms with Gasteiger partial charge in [0.1, 0.15) is 0 Å². The Morgan fingerprint density at radius 3 is 2.03 bits per heavy atom. The molecule has 0 saturated carbocycles. The number of carbonyl (C=O) groups excluding carboxylic acids is 3. The summed E-state index contributed by atoms with van der Waals surface area (Å²) in [4.78, 5) is 37.9. The van der Waals surface area contributed by atoms with Crippen LogP contribution in [0.1, 0.15) is 12.8 Å². The van der Waals surface area contributed by atoms with Gasteiger partial charge in [-0.1, -0.05) is 41.0 Å². The van der Waals surface area contributed by atoms with Crippen molar-refractivity contribution in [1.29, 1.82) is 0 Å². The molecular weight excluding hydrogens is 483 g/mol. The number of nitrogens with one attached hydrogen (secondary N) is 2. The first-order valence-corrected chi connectivity index (χ1v) is 11.5. The molecule has 170 valence electrons. The van der Waals surface area contributed by atoms with Gasteiger partial charge >= 0.3 is 5.97 Å². The van der Waals surface area contributed by atoms with Crippen molar-refractivity contribution in [2.45, 2.75) is 22.6 Å². The minimum Gasteiger partial charge on any atom is -0.456 e. The van der Waals surface area contributed by atoms with Crippen molar-refractivity contribution in [3.8, 4) is 0 Å². The van der Waals surface area contributed by atoms with Crippen molar-refractivity contribution in [3.05, 3.63) is 82.8 Å². The Morgan fingerprint density at radius 2 is 1.36 bits per heavy atom. The third-order valence-corrected chi connectivity index (χ3v) is 5.72. The molecule has 0 aromatic heterocycles. The van der Waals surface area contributed by atoms with Crippen LogP contribution in [-0.2, 0) is 19.1 Å². The molecule has 3 aromatic carbocycles. The second-order valence-electron chi connectivity index (χ2n) is 6.85. The van der Waals surface area contributed by atoms with Gasteiger partial charge in [0, 0.05) is 37.6 Å². The molecule has 0 heterocycles. The lowest BCUT2D eigenvalue weighted by molar-refractivity contribution is -0.147. The minimum absolute atomic E-state index is 0.0595. The summed E-state index contributed by atoms with van der Waals surface area (Å²) in [5.74, 6) is -1.46. The van der Waals surface area contributed by atoms with Crippen LogP contribution in [0.2, 0.25) is 10.0 Å². The van der Waals surface area contributed by atoms with Gasteiger partial charge in [0.25, 0.3) is 5.91 Å². The molecule has 0 spiro atoms. The normalized spacial score (nSPS) is 10.4. The minimum atomic E-state index is -0.638. The van der Waals surface area contributed by atoms with E-state index in [4.69, 9.17) is 27.9 Å². The Morgan fingerprint density at radius 1 is 0.727 bits per heavy atom. The number of benzene rings is 3. The van der Waals surface area contributed by atoms with Gasteiger partial charge in [-0.15, -0.1) is 0 Å². The standard InChI is InChI=1S/C24H20Cl2N2O4S/c25-16-4-8-20(9-5-16)33-21-10-6-18(7-11-21)27-22(29)12-13-24(31)32-15-23(30)28-19-3-1-2-17(26)14-19/h1-11,14H,12-13,15H2,(H,27,29)(H,28,30). The van der Waals surface area contributed by atoms with Crippen molar-refractivity contribution < 1.29 is 19.1 Å². The van der Waals surface area contributed by atoms with E-state index in [1.165, 1.54) is 0 Å². The maximum atomic E-state index is 12.1. The van der Waals surface area contributed by atoms with Gasteiger partial charge in [-0.2, -0.15) is 0 Å². The average molecular weight is 503 g/mol. The summed E-state index contributed by atoms with van der Waals surface area (Å²) < 4.78 is 4.91. The van der Waals surface area contributed by atoms with Crippen LogP contribution >= 0.6 is 35.0 Å². The molecule has 3 aromatic rings. The summed E-state index contributed by atoms with van der Waals surface area (Å²) in [5, 5.41) is 6.46. The Labute approximate surface area is 205 Å². The maximum absolute atomic E-state index is 12.1. The summed E-state index contributed by atoms with van der Waals surface area (Å²) in [5.41, 5.74) is 1.12. The lowest BCUT2D eigenvalue weighted by Crippen LogP contribution is -2.21. The van der Waals surface area contributed by atoms with Gasteiger partial charge in [-0.05, 0) is 66.7 Å². The van der Waals surface area contributed by atoms with E-state index in [2.05, 4.69) is 10.6 Å². The average Bonchev–Trinajstić information content (AvgIpc) is 2.79. The number of hydrogen-bond donors (Lipinski definition) is 2. The van der Waals surface area contributed by atoms with Crippen molar-refractivity contribution >= 4 is 64.1 Å². The molecule has 0 aliphatic heterocycles. The largest absolute Gasteiger partial charge is 0.456 e. The van der Waals surface area contributed by atoms with Gasteiger partial charge < -0.3 is 15.4 Å². The highest BCUT2D eigenvalue weighted by Crippen LogP contribution is 2.29. The van der Waals surface area contributed by atoms with Crippen molar-refractivity contribution in [2.24, 2.45) is 0 Å². The van der Waals surface area contributed by atoms with E-state index in [0.717, 1.165) is 9.79 Å². The first-order valence-electron chi connectivity index (χ1n) is 9.92. The first kappa shape index (κ1) is 24.6. The zero-order valence-corrected chi connectivity index (χ0v) is 19.7. The second kappa shape index (κ2) is 12.3. The fourth-order valence-electron chi connectivity index (χ4n) is 2.67. The Balaban J connectivity index is 1.36. The number of rotatable bonds is 9. The van der Waals surface area contributed by atoms with Gasteiger partial charge in [0.15, 0.2) is 6.61 Å². The summed E-state index contributed by atoms with van der Waals surface area (Å²) >= 11 is 13.3. The van der Waals surface area contributed by atoms with Crippen LogP contribution in [0.25, 0.3) is 0 Å². The molecule has 0 atom stereocenters. The highest BCUT2D eigenvalue weighted by atomic mass is 35.5. The van der Waals surface area contributed by atoms with Crippen LogP contribution in [0, 0.1) is 0 Å². The molecule has 0 saturated heterocycles. The smallest absolute Gasteiger partial charge is 0.306 e. The lowest BCUT2D eigenvalue weighted by Gasteiger charge is -2.08. The Bertz CT molecular complexity index is 1120. The zero-order valence-electron chi connectivity index (χ0n) is 17.3. The maximum Gasteiger partial charge on any atom is 0.306 e. The lowest BCUT2D eigenvalue weighted by atomic mass is 10.2. The number of ether oxygens (including phenoxy) is 1. The van der Waals surface area contributed by atoms with E-state index in [0.29, 0.717) is 21.4 Å². The monoisotopic (exact) mass is 502 g/mol. The molecule has 2 N–H and O–H groups in total. The predicted molar refractivity (Wildman–Crippen MR) is 131 cm³/mol. The fraction of sp³-hybridized carbons (Fsp3) is 0.125. The molecular formula is C24H20Cl2N2O4S. The summed E-state index contributed by atoms with van der Waals surface area (Å²) in [6.07, 6.45) is -0.198. The zero-order chi connectivity index (χ0) is 23.6. The molecule has 0 aliphatic carbocycles. The number of esters is 1. The number of carbonyl (C=O) groups is 3. The molecule has 0 aliphatic rings. The number of halogens is 2. The topological polar surface area (TPSA) is 84.5 Å². The van der Waals surface area contributed by atoms with E-state index >= 15 is 0 Å². The van der Waals surface area contributed by atoms with Crippen LogP contribution in [0.5, 0.6) is 0 Å². The van der Waals surface area contributed by atoms with E-state index in [9.17, 15) is 14.4 Å². The SMILES string of the molecule is O=C(CCC(=O)OCC(=O)Nc1cccc(Cl)c1)Nc1ccc(Sc2ccc(Cl)cc2)cc1. The molecule has 2 amide bonds. The third-order valence-electron chi connectivity index (χ3n) is 4.22. The number of anilines is 2. The van der Waals surface area contributed by atoms with Gasteiger partial charge in [-0.3, -0.25) is 14.4 Å². The van der Waals surface area contributed by atoms with E-state index in [1.807, 2.05) is 36.4 Å². The van der Waals surface area contributed by atoms with Crippen LogP contribution < -0.4 is 10.6 Å². The molecule has 0 unspecified atom stereocenters. The molecule has 0 fully saturated rings. The molecule has 6 nitrogen and oxygen atoms in total.